The van der Waals surface area contributed by atoms with E-state index in [9.17, 15) is 23.7 Å². The van der Waals surface area contributed by atoms with E-state index in [1.165, 1.54) is 30.1 Å². The van der Waals surface area contributed by atoms with Crippen LogP contribution in [0.25, 0.3) is 0 Å². The molecule has 0 radical (unpaired) electrons. The quantitative estimate of drug-likeness (QED) is 0.0140. The van der Waals surface area contributed by atoms with E-state index in [-0.39, 0.29) is 22.9 Å². The minimum atomic E-state index is -1.74. The molecule has 16 heteroatoms. The summed E-state index contributed by atoms with van der Waals surface area (Å²) in [6.45, 7) is 8.07. The van der Waals surface area contributed by atoms with E-state index in [2.05, 4.69) is 38.4 Å². The summed E-state index contributed by atoms with van der Waals surface area (Å²) in [5.74, 6) is -3.10. The number of rotatable bonds is 16. The van der Waals surface area contributed by atoms with E-state index < -0.39 is 69.2 Å². The third kappa shape index (κ3) is 10.5. The molecule has 3 heterocycles. The zero-order valence-corrected chi connectivity index (χ0v) is 42.2. The topological polar surface area (TPSA) is 172 Å². The van der Waals surface area contributed by atoms with Crippen LogP contribution < -0.4 is 10.6 Å². The Labute approximate surface area is 421 Å². The molecule has 3 atom stereocenters. The Balaban J connectivity index is 1.12. The molecule has 1 aromatic heterocycles. The van der Waals surface area contributed by atoms with E-state index in [0.717, 1.165) is 27.8 Å². The number of benzene rings is 5. The van der Waals surface area contributed by atoms with Gasteiger partial charge in [-0.05, 0) is 73.6 Å². The molecule has 2 aliphatic rings. The number of esters is 2. The molecule has 0 bridgehead atoms. The molecule has 1 fully saturated rings. The van der Waals surface area contributed by atoms with Gasteiger partial charge in [0, 0.05) is 15.4 Å². The van der Waals surface area contributed by atoms with Crippen molar-refractivity contribution in [2.24, 2.45) is 5.16 Å². The lowest BCUT2D eigenvalue weighted by atomic mass is 9.77. The van der Waals surface area contributed by atoms with Crippen LogP contribution in [0.1, 0.15) is 74.2 Å². The summed E-state index contributed by atoms with van der Waals surface area (Å²) in [6.07, 6.45) is -0.806. The third-order valence-corrected chi connectivity index (χ3v) is 14.7. The van der Waals surface area contributed by atoms with Crippen molar-refractivity contribution in [1.82, 2.24) is 15.2 Å². The number of alkyl halides is 1. The number of aromatic nitrogens is 1. The predicted octanol–water partition coefficient (Wildman–Crippen LogP) is 8.83. The van der Waals surface area contributed by atoms with Crippen LogP contribution in [0, 0.1) is 0 Å². The summed E-state index contributed by atoms with van der Waals surface area (Å²) < 4.78 is 26.1. The standard InChI is InChI=1S/C53H50IN5O8S2/c1-51(2,3)66-49(63)52(4,5)67-58-41(40-32-68-50(55-40)57-53(37-25-15-8-16-26-37,38-27-17-9-18-28-38)39-29-19-10-20-30-39)45(60)56-42-46(61)59-43(36(31-54)33-69(64)47(42)59)48(62)65-44(34-21-11-6-12-22-34)35-23-13-7-14-24-35/h6-30,32,42,44,47H,31,33H2,1-5H3,(H,55,57)(H,56,60)/b58-41-/t42?,47-,69?/m1/s1. The number of halogens is 1. The molecule has 0 spiro atoms. The van der Waals surface area contributed by atoms with E-state index in [0.29, 0.717) is 15.1 Å². The van der Waals surface area contributed by atoms with Gasteiger partial charge < -0.3 is 29.5 Å². The van der Waals surface area contributed by atoms with Crippen molar-refractivity contribution in [1.29, 1.82) is 0 Å². The van der Waals surface area contributed by atoms with Gasteiger partial charge in [0.2, 0.25) is 11.0 Å². The molecule has 69 heavy (non-hydrogen) atoms. The SMILES string of the molecule is CC(C)(C)OC(=O)C(C)(C)O/N=C(\C(=O)NC1C(=O)N2C(C(=O)OC(c3ccccc3)c3ccccc3)=C(CI)C[S+]([O-])[C@H]12)c1csc(NC(c2ccccc2)(c2ccccc2)c2ccccc2)n1. The minimum absolute atomic E-state index is 0.00774. The van der Waals surface area contributed by atoms with Gasteiger partial charge in [-0.15, -0.1) is 11.3 Å². The van der Waals surface area contributed by atoms with E-state index >= 15 is 0 Å². The van der Waals surface area contributed by atoms with Gasteiger partial charge in [0.15, 0.2) is 23.0 Å². The highest BCUT2D eigenvalue weighted by atomic mass is 127. The minimum Gasteiger partial charge on any atom is -0.614 e. The second kappa shape index (κ2) is 20.7. The molecule has 2 N–H and O–H groups in total. The maximum atomic E-state index is 14.7. The van der Waals surface area contributed by atoms with Crippen molar-refractivity contribution < 1.29 is 38.0 Å². The lowest BCUT2D eigenvalue weighted by Crippen LogP contribution is -2.75. The first-order valence-electron chi connectivity index (χ1n) is 22.1. The van der Waals surface area contributed by atoms with E-state index in [1.807, 2.05) is 152 Å². The summed E-state index contributed by atoms with van der Waals surface area (Å²) in [7, 11) is 0. The summed E-state index contributed by atoms with van der Waals surface area (Å²) in [5.41, 5.74) is 0.853. The Hall–Kier alpha value is -6.34. The van der Waals surface area contributed by atoms with Crippen molar-refractivity contribution in [2.45, 2.75) is 68.9 Å². The number of thiazole rings is 1. The van der Waals surface area contributed by atoms with Crippen molar-refractivity contribution in [3.05, 3.63) is 202 Å². The van der Waals surface area contributed by atoms with Crippen LogP contribution in [0.3, 0.4) is 0 Å². The molecule has 13 nitrogen and oxygen atoms in total. The zero-order valence-electron chi connectivity index (χ0n) is 38.5. The highest BCUT2D eigenvalue weighted by molar-refractivity contribution is 14.1. The molecular formula is C53H50IN5O8S2. The fourth-order valence-corrected chi connectivity index (χ4v) is 11.5. The van der Waals surface area contributed by atoms with Crippen molar-refractivity contribution in [3.8, 4) is 0 Å². The number of ether oxygens (including phenoxy) is 2. The number of carbonyl (C=O) groups excluding carboxylic acids is 4. The number of anilines is 1. The lowest BCUT2D eigenvalue weighted by molar-refractivity contribution is -0.179. The molecule has 5 aromatic carbocycles. The summed E-state index contributed by atoms with van der Waals surface area (Å²) in [4.78, 5) is 68.6. The number of hydrogen-bond donors (Lipinski definition) is 2. The summed E-state index contributed by atoms with van der Waals surface area (Å²) in [6, 6.07) is 46.9. The van der Waals surface area contributed by atoms with Gasteiger partial charge in [-0.2, -0.15) is 0 Å². The molecule has 0 saturated carbocycles. The number of hydrogen-bond acceptors (Lipinski definition) is 12. The van der Waals surface area contributed by atoms with Crippen LogP contribution >= 0.6 is 33.9 Å². The summed E-state index contributed by atoms with van der Waals surface area (Å²) in [5, 5.41) is 11.6. The largest absolute Gasteiger partial charge is 0.614 e. The summed E-state index contributed by atoms with van der Waals surface area (Å²) >= 11 is 1.55. The van der Waals surface area contributed by atoms with Gasteiger partial charge >= 0.3 is 11.9 Å². The molecule has 8 rings (SSSR count). The molecule has 0 aliphatic carbocycles. The smallest absolute Gasteiger partial charge is 0.356 e. The normalized spacial score (nSPS) is 17.4. The van der Waals surface area contributed by atoms with Gasteiger partial charge in [0.25, 0.3) is 11.8 Å². The van der Waals surface area contributed by atoms with Gasteiger partial charge in [-0.3, -0.25) is 14.5 Å². The third-order valence-electron chi connectivity index (χ3n) is 11.4. The molecule has 2 amide bonds. The highest BCUT2D eigenvalue weighted by Gasteiger charge is 2.61. The van der Waals surface area contributed by atoms with Crippen molar-refractivity contribution >= 4 is 79.7 Å². The first kappa shape index (κ1) is 49.1. The number of fused-ring (bicyclic) bond motifs is 1. The Kier molecular flexibility index (Phi) is 14.7. The maximum absolute atomic E-state index is 14.7. The molecule has 1 saturated heterocycles. The Bertz CT molecular complexity index is 2720. The Morgan fingerprint density at radius 1 is 0.812 bits per heavy atom. The fourth-order valence-electron chi connectivity index (χ4n) is 8.08. The van der Waals surface area contributed by atoms with Crippen LogP contribution in [0.2, 0.25) is 0 Å². The highest BCUT2D eigenvalue weighted by Crippen LogP contribution is 2.42. The monoisotopic (exact) mass is 1080 g/mol. The van der Waals surface area contributed by atoms with E-state index in [4.69, 9.17) is 19.3 Å². The van der Waals surface area contributed by atoms with Crippen molar-refractivity contribution in [2.75, 3.05) is 15.5 Å². The number of oxime groups is 1. The molecule has 6 aromatic rings. The second-order valence-electron chi connectivity index (χ2n) is 17.8. The van der Waals surface area contributed by atoms with Crippen LogP contribution in [0.5, 0.6) is 0 Å². The maximum Gasteiger partial charge on any atom is 0.356 e. The molecule has 2 unspecified atom stereocenters. The second-order valence-corrected chi connectivity index (χ2v) is 21.0. The average Bonchev–Trinajstić information content (AvgIpc) is 3.82. The number of β-lactam (4-membered cyclic amide) rings is 1. The Morgan fingerprint density at radius 2 is 1.30 bits per heavy atom. The first-order valence-corrected chi connectivity index (χ1v) is 25.9. The lowest BCUT2D eigenvalue weighted by Gasteiger charge is -2.49. The first-order chi connectivity index (χ1) is 33.1. The van der Waals surface area contributed by atoms with Crippen LogP contribution in [-0.4, -0.2) is 76.7 Å². The average molecular weight is 1080 g/mol. The molecule has 2 aliphatic heterocycles. The van der Waals surface area contributed by atoms with Gasteiger partial charge in [0.05, 0.1) is 0 Å². The van der Waals surface area contributed by atoms with Gasteiger partial charge in [-0.25, -0.2) is 14.6 Å². The van der Waals surface area contributed by atoms with Gasteiger partial charge in [0.1, 0.15) is 28.3 Å². The fraction of sp³-hybridized carbons (Fsp3) is 0.245. The van der Waals surface area contributed by atoms with E-state index in [1.54, 1.807) is 26.2 Å². The number of carbonyl (C=O) groups is 4. The molecule has 354 valence electrons. The van der Waals surface area contributed by atoms with Crippen LogP contribution in [-0.2, 0) is 50.2 Å². The zero-order chi connectivity index (χ0) is 48.9. The predicted molar refractivity (Wildman–Crippen MR) is 275 cm³/mol. The number of nitrogens with one attached hydrogen (secondary N) is 2. The molecular weight excluding hydrogens is 1030 g/mol. The van der Waals surface area contributed by atoms with Crippen LogP contribution in [0.15, 0.2) is 173 Å². The van der Waals surface area contributed by atoms with Gasteiger partial charge in [-0.1, -0.05) is 179 Å². The number of amides is 2. The Morgan fingerprint density at radius 3 is 1.78 bits per heavy atom. The number of nitrogens with zero attached hydrogens (tertiary/aromatic N) is 3. The van der Waals surface area contributed by atoms with Crippen molar-refractivity contribution in [3.63, 3.8) is 0 Å². The van der Waals surface area contributed by atoms with Crippen LogP contribution in [0.4, 0.5) is 5.13 Å².